The van der Waals surface area contributed by atoms with Crippen LogP contribution in [0.4, 0.5) is 10.2 Å². The topological polar surface area (TPSA) is 111 Å². The van der Waals surface area contributed by atoms with E-state index < -0.39 is 0 Å². The normalized spacial score (nSPS) is 14.1. The second-order valence-corrected chi connectivity index (χ2v) is 8.92. The third-order valence-corrected chi connectivity index (χ3v) is 6.53. The molecule has 11 heteroatoms. The molecule has 1 aliphatic rings. The molecule has 0 bridgehead atoms. The van der Waals surface area contributed by atoms with Crippen LogP contribution in [0.1, 0.15) is 18.7 Å². The number of carbonyl (C=O) groups is 1. The van der Waals surface area contributed by atoms with Crippen LogP contribution in [0.15, 0.2) is 66.0 Å². The van der Waals surface area contributed by atoms with E-state index in [0.717, 1.165) is 17.5 Å². The number of aromatic nitrogens is 6. The summed E-state index contributed by atoms with van der Waals surface area (Å²) >= 11 is 0. The standard InChI is InChI=1S/C26H27FN8O2/c1-18-28-10-14-34(18)24-16-23(30-17-31-24)33-12-8-20(9-13-33)26(37)29-11-15-35-25(36)7-6-22(32-35)19-2-4-21(27)5-3-19/h2-7,10,14,16-17,20H,8-9,11-13,15H2,1H3,(H,29,37). The maximum Gasteiger partial charge on any atom is 0.266 e. The van der Waals surface area contributed by atoms with Crippen molar-refractivity contribution < 1.29 is 9.18 Å². The molecule has 3 aromatic heterocycles. The number of halogens is 1. The van der Waals surface area contributed by atoms with Crippen LogP contribution < -0.4 is 15.8 Å². The summed E-state index contributed by atoms with van der Waals surface area (Å²) < 4.78 is 16.4. The van der Waals surface area contributed by atoms with Crippen molar-refractivity contribution in [2.75, 3.05) is 24.5 Å². The molecule has 1 aromatic carbocycles. The number of hydrogen-bond acceptors (Lipinski definition) is 7. The van der Waals surface area contributed by atoms with E-state index >= 15 is 0 Å². The molecule has 4 aromatic rings. The lowest BCUT2D eigenvalue weighted by Gasteiger charge is -2.32. The first-order chi connectivity index (χ1) is 18.0. The SMILES string of the molecule is Cc1nccn1-c1cc(N2CCC(C(=O)NCCn3nc(-c4ccc(F)cc4)ccc3=O)CC2)ncn1. The summed E-state index contributed by atoms with van der Waals surface area (Å²) in [5.74, 6) is 1.95. The van der Waals surface area contributed by atoms with Crippen LogP contribution in [0.25, 0.3) is 17.1 Å². The number of nitrogens with zero attached hydrogens (tertiary/aromatic N) is 7. The van der Waals surface area contributed by atoms with Crippen molar-refractivity contribution in [3.8, 4) is 17.1 Å². The van der Waals surface area contributed by atoms with E-state index in [0.29, 0.717) is 43.7 Å². The molecule has 1 amide bonds. The zero-order valence-electron chi connectivity index (χ0n) is 20.4. The van der Waals surface area contributed by atoms with Crippen molar-refractivity contribution in [3.05, 3.63) is 83.2 Å². The average molecular weight is 503 g/mol. The Labute approximate surface area is 212 Å². The van der Waals surface area contributed by atoms with Gasteiger partial charge < -0.3 is 10.2 Å². The number of rotatable bonds is 7. The fourth-order valence-electron chi connectivity index (χ4n) is 4.45. The van der Waals surface area contributed by atoms with Crippen molar-refractivity contribution in [2.45, 2.75) is 26.3 Å². The van der Waals surface area contributed by atoms with E-state index in [2.05, 4.69) is 30.3 Å². The van der Waals surface area contributed by atoms with Crippen LogP contribution in [0.5, 0.6) is 0 Å². The molecule has 0 atom stereocenters. The second-order valence-electron chi connectivity index (χ2n) is 8.92. The fraction of sp³-hybridized carbons (Fsp3) is 0.308. The molecule has 0 radical (unpaired) electrons. The third-order valence-electron chi connectivity index (χ3n) is 6.53. The van der Waals surface area contributed by atoms with Crippen molar-refractivity contribution >= 4 is 11.7 Å². The number of nitrogens with one attached hydrogen (secondary N) is 1. The molecule has 1 fully saturated rings. The summed E-state index contributed by atoms with van der Waals surface area (Å²) in [7, 11) is 0. The number of aryl methyl sites for hydroxylation is 1. The first-order valence-corrected chi connectivity index (χ1v) is 12.2. The maximum absolute atomic E-state index is 13.2. The molecule has 4 heterocycles. The number of piperidine rings is 1. The molecule has 0 aliphatic carbocycles. The number of carbonyl (C=O) groups excluding carboxylic acids is 1. The first kappa shape index (κ1) is 24.3. The number of amides is 1. The molecule has 0 spiro atoms. The molecule has 5 rings (SSSR count). The molecule has 1 N–H and O–H groups in total. The molecule has 0 saturated carbocycles. The maximum atomic E-state index is 13.2. The molecule has 37 heavy (non-hydrogen) atoms. The van der Waals surface area contributed by atoms with Crippen LogP contribution in [-0.2, 0) is 11.3 Å². The van der Waals surface area contributed by atoms with Crippen molar-refractivity contribution in [1.29, 1.82) is 0 Å². The predicted molar refractivity (Wildman–Crippen MR) is 136 cm³/mol. The van der Waals surface area contributed by atoms with E-state index in [1.807, 2.05) is 23.8 Å². The lowest BCUT2D eigenvalue weighted by Crippen LogP contribution is -2.42. The summed E-state index contributed by atoms with van der Waals surface area (Å²) in [6, 6.07) is 10.9. The lowest BCUT2D eigenvalue weighted by atomic mass is 9.96. The number of anilines is 1. The van der Waals surface area contributed by atoms with Gasteiger partial charge in [0.05, 0.1) is 12.2 Å². The summed E-state index contributed by atoms with van der Waals surface area (Å²) in [4.78, 5) is 40.2. The Morgan fingerprint density at radius 2 is 1.81 bits per heavy atom. The minimum atomic E-state index is -0.336. The van der Waals surface area contributed by atoms with Gasteiger partial charge in [-0.2, -0.15) is 5.10 Å². The van der Waals surface area contributed by atoms with Gasteiger partial charge in [-0.3, -0.25) is 14.2 Å². The Balaban J connectivity index is 1.14. The van der Waals surface area contributed by atoms with Crippen LogP contribution >= 0.6 is 0 Å². The average Bonchev–Trinajstić information content (AvgIpc) is 3.36. The number of benzene rings is 1. The van der Waals surface area contributed by atoms with Gasteiger partial charge >= 0.3 is 0 Å². The molecule has 1 saturated heterocycles. The van der Waals surface area contributed by atoms with Gasteiger partial charge in [-0.25, -0.2) is 24.0 Å². The molecular weight excluding hydrogens is 475 g/mol. The Hall–Kier alpha value is -4.41. The highest BCUT2D eigenvalue weighted by Crippen LogP contribution is 2.23. The second kappa shape index (κ2) is 10.7. The summed E-state index contributed by atoms with van der Waals surface area (Å²) in [6.45, 7) is 3.87. The highest BCUT2D eigenvalue weighted by atomic mass is 19.1. The minimum Gasteiger partial charge on any atom is -0.356 e. The van der Waals surface area contributed by atoms with E-state index in [-0.39, 0.29) is 29.7 Å². The predicted octanol–water partition coefficient (Wildman–Crippen LogP) is 2.37. The summed E-state index contributed by atoms with van der Waals surface area (Å²) in [5.41, 5.74) is 1.01. The van der Waals surface area contributed by atoms with Crippen molar-refractivity contribution in [1.82, 2.24) is 34.6 Å². The zero-order valence-corrected chi connectivity index (χ0v) is 20.4. The van der Waals surface area contributed by atoms with Gasteiger partial charge in [-0.15, -0.1) is 0 Å². The summed E-state index contributed by atoms with van der Waals surface area (Å²) in [5, 5.41) is 7.30. The molecular formula is C26H27FN8O2. The molecule has 190 valence electrons. The zero-order chi connectivity index (χ0) is 25.8. The van der Waals surface area contributed by atoms with Gasteiger partial charge in [0.2, 0.25) is 5.91 Å². The number of imidazole rings is 1. The highest BCUT2D eigenvalue weighted by Gasteiger charge is 2.25. The van der Waals surface area contributed by atoms with Crippen LogP contribution in [0.2, 0.25) is 0 Å². The van der Waals surface area contributed by atoms with E-state index in [9.17, 15) is 14.0 Å². The van der Waals surface area contributed by atoms with Gasteiger partial charge in [-0.05, 0) is 50.1 Å². The van der Waals surface area contributed by atoms with Crippen LogP contribution in [0, 0.1) is 18.7 Å². The Morgan fingerprint density at radius 3 is 2.54 bits per heavy atom. The summed E-state index contributed by atoms with van der Waals surface area (Å²) in [6.07, 6.45) is 6.54. The third kappa shape index (κ3) is 5.55. The molecule has 0 unspecified atom stereocenters. The fourth-order valence-corrected chi connectivity index (χ4v) is 4.45. The van der Waals surface area contributed by atoms with E-state index in [1.54, 1.807) is 30.7 Å². The van der Waals surface area contributed by atoms with Crippen molar-refractivity contribution in [2.24, 2.45) is 5.92 Å². The van der Waals surface area contributed by atoms with Gasteiger partial charge in [0, 0.05) is 55.6 Å². The molecule has 10 nitrogen and oxygen atoms in total. The van der Waals surface area contributed by atoms with Crippen molar-refractivity contribution in [3.63, 3.8) is 0 Å². The van der Waals surface area contributed by atoms with E-state index in [4.69, 9.17) is 0 Å². The van der Waals surface area contributed by atoms with Gasteiger partial charge in [0.1, 0.15) is 29.6 Å². The molecule has 1 aliphatic heterocycles. The van der Waals surface area contributed by atoms with Gasteiger partial charge in [0.25, 0.3) is 5.56 Å². The van der Waals surface area contributed by atoms with Crippen LogP contribution in [0.3, 0.4) is 0 Å². The first-order valence-electron chi connectivity index (χ1n) is 12.2. The lowest BCUT2D eigenvalue weighted by molar-refractivity contribution is -0.125. The van der Waals surface area contributed by atoms with Gasteiger partial charge in [0.15, 0.2) is 0 Å². The van der Waals surface area contributed by atoms with Gasteiger partial charge in [-0.1, -0.05) is 0 Å². The van der Waals surface area contributed by atoms with E-state index in [1.165, 1.54) is 22.9 Å². The monoisotopic (exact) mass is 502 g/mol. The largest absolute Gasteiger partial charge is 0.356 e. The Morgan fingerprint density at radius 1 is 1.05 bits per heavy atom. The Kier molecular flexibility index (Phi) is 7.02. The highest BCUT2D eigenvalue weighted by molar-refractivity contribution is 5.79. The number of hydrogen-bond donors (Lipinski definition) is 1. The quantitative estimate of drug-likeness (QED) is 0.413. The Bertz CT molecular complexity index is 1440. The minimum absolute atomic E-state index is 0.0280. The van der Waals surface area contributed by atoms with Crippen LogP contribution in [-0.4, -0.2) is 54.8 Å². The smallest absolute Gasteiger partial charge is 0.266 e.